The molecule has 0 radical (unpaired) electrons. The molecule has 19 heavy (non-hydrogen) atoms. The minimum atomic E-state index is -0.975. The summed E-state index contributed by atoms with van der Waals surface area (Å²) in [5.41, 5.74) is 0.650. The Hall–Kier alpha value is -1.96. The largest absolute Gasteiger partial charge is 0.480 e. The average Bonchev–Trinajstić information content (AvgIpc) is 2.93. The molecule has 1 N–H and O–H groups in total. The Morgan fingerprint density at radius 3 is 2.84 bits per heavy atom. The van der Waals surface area contributed by atoms with Gasteiger partial charge >= 0.3 is 5.97 Å². The zero-order valence-electron chi connectivity index (χ0n) is 10.8. The standard InChI is InChI=1S/C11H16N4O4/c1-7(16)14-3-8(10(5-14)19-2)9-4-15(13-12-9)6-11(17)18/h4,8,10H,3,5-6H2,1-2H3,(H,17,18)/t8-,10+/m0/s1. The van der Waals surface area contributed by atoms with Crippen LogP contribution in [0.15, 0.2) is 6.20 Å². The van der Waals surface area contributed by atoms with E-state index in [-0.39, 0.29) is 24.5 Å². The van der Waals surface area contributed by atoms with E-state index in [9.17, 15) is 9.59 Å². The van der Waals surface area contributed by atoms with Gasteiger partial charge in [-0.25, -0.2) is 4.68 Å². The fraction of sp³-hybridized carbons (Fsp3) is 0.636. The lowest BCUT2D eigenvalue weighted by atomic mass is 10.0. The number of methoxy groups -OCH3 is 1. The number of aromatic nitrogens is 3. The van der Waals surface area contributed by atoms with E-state index in [0.717, 1.165) is 0 Å². The van der Waals surface area contributed by atoms with E-state index in [4.69, 9.17) is 9.84 Å². The molecule has 1 aromatic rings. The number of ether oxygens (including phenoxy) is 1. The van der Waals surface area contributed by atoms with Gasteiger partial charge in [-0.15, -0.1) is 5.10 Å². The molecule has 0 spiro atoms. The van der Waals surface area contributed by atoms with Gasteiger partial charge in [0.25, 0.3) is 0 Å². The Labute approximate surface area is 109 Å². The van der Waals surface area contributed by atoms with Gasteiger partial charge in [0.2, 0.25) is 5.91 Å². The molecule has 1 aromatic heterocycles. The second-order valence-electron chi connectivity index (χ2n) is 4.54. The van der Waals surface area contributed by atoms with Crippen LogP contribution in [0.1, 0.15) is 18.5 Å². The number of amides is 1. The molecule has 2 rings (SSSR count). The Balaban J connectivity index is 2.13. The Kier molecular flexibility index (Phi) is 3.79. The highest BCUT2D eigenvalue weighted by Gasteiger charge is 2.36. The van der Waals surface area contributed by atoms with Crippen molar-refractivity contribution in [2.24, 2.45) is 0 Å². The lowest BCUT2D eigenvalue weighted by molar-refractivity contribution is -0.138. The number of carboxylic acid groups (broad SMARTS) is 1. The highest BCUT2D eigenvalue weighted by atomic mass is 16.5. The van der Waals surface area contributed by atoms with Gasteiger partial charge in [-0.3, -0.25) is 9.59 Å². The van der Waals surface area contributed by atoms with E-state index in [2.05, 4.69) is 10.3 Å². The first-order chi connectivity index (χ1) is 9.01. The second-order valence-corrected chi connectivity index (χ2v) is 4.54. The number of nitrogens with zero attached hydrogens (tertiary/aromatic N) is 4. The molecule has 104 valence electrons. The quantitative estimate of drug-likeness (QED) is 0.777. The summed E-state index contributed by atoms with van der Waals surface area (Å²) in [5, 5.41) is 16.4. The summed E-state index contributed by atoms with van der Waals surface area (Å²) in [7, 11) is 1.59. The fourth-order valence-corrected chi connectivity index (χ4v) is 2.25. The maximum Gasteiger partial charge on any atom is 0.325 e. The predicted octanol–water partition coefficient (Wildman–Crippen LogP) is -0.677. The van der Waals surface area contributed by atoms with Crippen LogP contribution < -0.4 is 0 Å². The fourth-order valence-electron chi connectivity index (χ4n) is 2.25. The summed E-state index contributed by atoms with van der Waals surface area (Å²) in [6.45, 7) is 2.31. The van der Waals surface area contributed by atoms with Gasteiger partial charge < -0.3 is 14.7 Å². The summed E-state index contributed by atoms with van der Waals surface area (Å²) in [6.07, 6.45) is 1.45. The summed E-state index contributed by atoms with van der Waals surface area (Å²) >= 11 is 0. The van der Waals surface area contributed by atoms with E-state index in [1.165, 1.54) is 11.6 Å². The van der Waals surface area contributed by atoms with Gasteiger partial charge in [0, 0.05) is 33.3 Å². The van der Waals surface area contributed by atoms with Crippen LogP contribution in [-0.2, 0) is 20.9 Å². The molecule has 0 aromatic carbocycles. The Morgan fingerprint density at radius 2 is 2.26 bits per heavy atom. The van der Waals surface area contributed by atoms with E-state index in [1.54, 1.807) is 18.2 Å². The van der Waals surface area contributed by atoms with Crippen LogP contribution >= 0.6 is 0 Å². The highest BCUT2D eigenvalue weighted by Crippen LogP contribution is 2.28. The van der Waals surface area contributed by atoms with E-state index >= 15 is 0 Å². The predicted molar refractivity (Wildman–Crippen MR) is 63.4 cm³/mol. The minimum Gasteiger partial charge on any atom is -0.480 e. The molecule has 8 heteroatoms. The Morgan fingerprint density at radius 1 is 1.53 bits per heavy atom. The molecule has 0 bridgehead atoms. The molecule has 8 nitrogen and oxygen atoms in total. The SMILES string of the molecule is CO[C@@H]1CN(C(C)=O)C[C@H]1c1cn(CC(=O)O)nn1. The van der Waals surface area contributed by atoms with Gasteiger partial charge in [-0.1, -0.05) is 5.21 Å². The second kappa shape index (κ2) is 5.35. The van der Waals surface area contributed by atoms with Gasteiger partial charge in [0.05, 0.1) is 17.7 Å². The lowest BCUT2D eigenvalue weighted by Gasteiger charge is -2.12. The number of hydrogen-bond acceptors (Lipinski definition) is 5. The molecule has 1 amide bonds. The summed E-state index contributed by atoms with van der Waals surface area (Å²) in [6, 6.07) is 0. The number of carbonyl (C=O) groups is 2. The van der Waals surface area contributed by atoms with E-state index < -0.39 is 5.97 Å². The molecule has 1 saturated heterocycles. The summed E-state index contributed by atoms with van der Waals surface area (Å²) in [5.74, 6) is -1.06. The zero-order chi connectivity index (χ0) is 14.0. The van der Waals surface area contributed by atoms with E-state index in [1.807, 2.05) is 0 Å². The number of rotatable bonds is 4. The molecule has 2 heterocycles. The molecule has 1 aliphatic rings. The third-order valence-electron chi connectivity index (χ3n) is 3.25. The van der Waals surface area contributed by atoms with Crippen molar-refractivity contribution in [2.75, 3.05) is 20.2 Å². The molecule has 1 aliphatic heterocycles. The van der Waals surface area contributed by atoms with Crippen LogP contribution in [0.4, 0.5) is 0 Å². The van der Waals surface area contributed by atoms with Crippen LogP contribution in [-0.4, -0.2) is 63.2 Å². The summed E-state index contributed by atoms with van der Waals surface area (Å²) in [4.78, 5) is 23.7. The van der Waals surface area contributed by atoms with E-state index in [0.29, 0.717) is 18.8 Å². The van der Waals surface area contributed by atoms with Gasteiger partial charge in [-0.05, 0) is 0 Å². The smallest absolute Gasteiger partial charge is 0.325 e. The Bertz CT molecular complexity index is 487. The monoisotopic (exact) mass is 268 g/mol. The molecule has 0 saturated carbocycles. The van der Waals surface area contributed by atoms with Crippen LogP contribution in [0.2, 0.25) is 0 Å². The van der Waals surface area contributed by atoms with Crippen LogP contribution in [0.25, 0.3) is 0 Å². The number of hydrogen-bond donors (Lipinski definition) is 1. The van der Waals surface area contributed by atoms with Crippen LogP contribution in [0.3, 0.4) is 0 Å². The van der Waals surface area contributed by atoms with Crippen molar-refractivity contribution in [3.63, 3.8) is 0 Å². The maximum absolute atomic E-state index is 11.4. The van der Waals surface area contributed by atoms with Crippen molar-refractivity contribution < 1.29 is 19.4 Å². The summed E-state index contributed by atoms with van der Waals surface area (Å²) < 4.78 is 6.63. The third kappa shape index (κ3) is 2.90. The maximum atomic E-state index is 11.4. The molecular formula is C11H16N4O4. The zero-order valence-corrected chi connectivity index (χ0v) is 10.8. The highest BCUT2D eigenvalue weighted by molar-refractivity contribution is 5.73. The number of carboxylic acids is 1. The third-order valence-corrected chi connectivity index (χ3v) is 3.25. The number of carbonyl (C=O) groups excluding carboxylic acids is 1. The first kappa shape index (κ1) is 13.5. The van der Waals surface area contributed by atoms with Crippen molar-refractivity contribution in [2.45, 2.75) is 25.5 Å². The van der Waals surface area contributed by atoms with Crippen molar-refractivity contribution in [3.05, 3.63) is 11.9 Å². The van der Waals surface area contributed by atoms with Crippen molar-refractivity contribution in [1.29, 1.82) is 0 Å². The topological polar surface area (TPSA) is 97.5 Å². The molecular weight excluding hydrogens is 252 g/mol. The molecule has 0 aliphatic carbocycles. The first-order valence-corrected chi connectivity index (χ1v) is 5.91. The minimum absolute atomic E-state index is 0.0116. The first-order valence-electron chi connectivity index (χ1n) is 5.91. The van der Waals surface area contributed by atoms with Crippen molar-refractivity contribution in [1.82, 2.24) is 19.9 Å². The van der Waals surface area contributed by atoms with Gasteiger partial charge in [0.1, 0.15) is 6.54 Å². The van der Waals surface area contributed by atoms with Gasteiger partial charge in [0.15, 0.2) is 0 Å². The van der Waals surface area contributed by atoms with Crippen molar-refractivity contribution >= 4 is 11.9 Å². The lowest BCUT2D eigenvalue weighted by Crippen LogP contribution is -2.27. The normalized spacial score (nSPS) is 22.7. The molecule has 2 atom stereocenters. The van der Waals surface area contributed by atoms with Crippen molar-refractivity contribution in [3.8, 4) is 0 Å². The van der Waals surface area contributed by atoms with Crippen LogP contribution in [0.5, 0.6) is 0 Å². The molecule has 1 fully saturated rings. The molecule has 0 unspecified atom stereocenters. The number of likely N-dealkylation sites (tertiary alicyclic amines) is 1. The van der Waals surface area contributed by atoms with Crippen LogP contribution in [0, 0.1) is 0 Å². The number of aliphatic carboxylic acids is 1. The van der Waals surface area contributed by atoms with Gasteiger partial charge in [-0.2, -0.15) is 0 Å². The average molecular weight is 268 g/mol.